The van der Waals surface area contributed by atoms with Crippen molar-refractivity contribution in [3.05, 3.63) is 160 Å². The van der Waals surface area contributed by atoms with Gasteiger partial charge in [-0.1, -0.05) is 78.9 Å². The SMILES string of the molecule is O=C(Nc1ccccn1)c1ccccc1NC1=C(Br)C(Oc2ccccc2)c2ccccc2C1Oc1ccccc1. The summed E-state index contributed by atoms with van der Waals surface area (Å²) in [6.45, 7) is 0. The van der Waals surface area contributed by atoms with E-state index in [1.165, 1.54) is 0 Å². The van der Waals surface area contributed by atoms with E-state index in [0.29, 0.717) is 17.1 Å². The molecule has 6 rings (SSSR count). The molecule has 2 atom stereocenters. The second-order valence-electron chi connectivity index (χ2n) is 9.35. The van der Waals surface area contributed by atoms with E-state index in [1.807, 2.05) is 103 Å². The highest BCUT2D eigenvalue weighted by atomic mass is 79.9. The van der Waals surface area contributed by atoms with E-state index in [2.05, 4.69) is 37.6 Å². The maximum Gasteiger partial charge on any atom is 0.258 e. The minimum Gasteiger partial charge on any atom is -0.480 e. The summed E-state index contributed by atoms with van der Waals surface area (Å²) >= 11 is 3.88. The number of carbonyl (C=O) groups excluding carboxylic acids is 1. The molecule has 6 nitrogen and oxygen atoms in total. The van der Waals surface area contributed by atoms with Gasteiger partial charge in [-0.2, -0.15) is 0 Å². The predicted octanol–water partition coefficient (Wildman–Crippen LogP) is 8.31. The summed E-state index contributed by atoms with van der Waals surface area (Å²) in [4.78, 5) is 17.6. The van der Waals surface area contributed by atoms with Crippen molar-refractivity contribution >= 4 is 33.3 Å². The molecule has 2 N–H and O–H groups in total. The molecular weight excluding hydrogens is 578 g/mol. The van der Waals surface area contributed by atoms with Crippen LogP contribution in [-0.2, 0) is 0 Å². The molecule has 202 valence electrons. The summed E-state index contributed by atoms with van der Waals surface area (Å²) in [5.74, 6) is 1.65. The maximum atomic E-state index is 13.4. The van der Waals surface area contributed by atoms with Gasteiger partial charge in [0.1, 0.15) is 17.3 Å². The molecule has 1 aliphatic carbocycles. The number of para-hydroxylation sites is 3. The van der Waals surface area contributed by atoms with Gasteiger partial charge in [0.05, 0.1) is 21.4 Å². The number of anilines is 2. The van der Waals surface area contributed by atoms with Crippen molar-refractivity contribution in [2.24, 2.45) is 0 Å². The van der Waals surface area contributed by atoms with Crippen molar-refractivity contribution in [3.63, 3.8) is 0 Å². The maximum absolute atomic E-state index is 13.4. The van der Waals surface area contributed by atoms with Gasteiger partial charge in [0.2, 0.25) is 0 Å². The van der Waals surface area contributed by atoms with Gasteiger partial charge >= 0.3 is 0 Å². The van der Waals surface area contributed by atoms with Crippen LogP contribution in [0.4, 0.5) is 11.5 Å². The van der Waals surface area contributed by atoms with Crippen LogP contribution in [0.3, 0.4) is 0 Å². The number of fused-ring (bicyclic) bond motifs is 1. The zero-order chi connectivity index (χ0) is 28.0. The third-order valence-electron chi connectivity index (χ3n) is 6.65. The molecule has 0 saturated carbocycles. The molecule has 0 radical (unpaired) electrons. The van der Waals surface area contributed by atoms with E-state index in [-0.39, 0.29) is 5.91 Å². The number of benzene rings is 4. The van der Waals surface area contributed by atoms with Gasteiger partial charge in [0, 0.05) is 17.3 Å². The fourth-order valence-corrected chi connectivity index (χ4v) is 5.38. The molecule has 0 fully saturated rings. The van der Waals surface area contributed by atoms with E-state index < -0.39 is 12.2 Å². The first-order valence-electron chi connectivity index (χ1n) is 13.2. The van der Waals surface area contributed by atoms with Crippen LogP contribution in [-0.4, -0.2) is 10.9 Å². The van der Waals surface area contributed by atoms with E-state index >= 15 is 0 Å². The largest absolute Gasteiger partial charge is 0.480 e. The fraction of sp³-hybridized carbons (Fsp3) is 0.0588. The molecule has 1 heterocycles. The van der Waals surface area contributed by atoms with E-state index in [9.17, 15) is 4.79 Å². The van der Waals surface area contributed by atoms with E-state index in [4.69, 9.17) is 9.47 Å². The zero-order valence-corrected chi connectivity index (χ0v) is 23.5. The number of carbonyl (C=O) groups is 1. The van der Waals surface area contributed by atoms with Crippen LogP contribution < -0.4 is 20.1 Å². The monoisotopic (exact) mass is 603 g/mol. The second kappa shape index (κ2) is 12.1. The molecule has 5 aromatic rings. The molecule has 1 amide bonds. The lowest BCUT2D eigenvalue weighted by atomic mass is 9.89. The van der Waals surface area contributed by atoms with Crippen molar-refractivity contribution in [2.75, 3.05) is 10.6 Å². The molecule has 0 saturated heterocycles. The Balaban J connectivity index is 1.42. The Kier molecular flexibility index (Phi) is 7.78. The lowest BCUT2D eigenvalue weighted by molar-refractivity contribution is 0.102. The molecule has 2 unspecified atom stereocenters. The standard InChI is InChI=1S/C34H26BrN3O3/c35-30-31(37-28-20-10-9-19-27(28)34(39)38-29-21-11-12-22-36-29)33(41-24-15-5-2-6-16-24)26-18-8-7-17-25(26)32(30)40-23-13-3-1-4-14-23/h1-22,32-33,37H,(H,36,38,39). The Labute approximate surface area is 246 Å². The van der Waals surface area contributed by atoms with Crippen LogP contribution in [0.2, 0.25) is 0 Å². The minimum atomic E-state index is -0.509. The number of nitrogens with one attached hydrogen (secondary N) is 2. The summed E-state index contributed by atoms with van der Waals surface area (Å²) < 4.78 is 13.9. The van der Waals surface area contributed by atoms with Crippen molar-refractivity contribution in [1.82, 2.24) is 4.98 Å². The van der Waals surface area contributed by atoms with Crippen LogP contribution in [0.1, 0.15) is 33.7 Å². The number of nitrogens with zero attached hydrogens (tertiary/aromatic N) is 1. The number of halogens is 1. The lowest BCUT2D eigenvalue weighted by Crippen LogP contribution is -2.28. The molecule has 0 bridgehead atoms. The normalized spacial score (nSPS) is 15.9. The Bertz CT molecular complexity index is 1680. The van der Waals surface area contributed by atoms with Gasteiger partial charge in [0.25, 0.3) is 5.91 Å². The Morgan fingerprint density at radius 2 is 1.22 bits per heavy atom. The predicted molar refractivity (Wildman–Crippen MR) is 164 cm³/mol. The van der Waals surface area contributed by atoms with Crippen molar-refractivity contribution in [1.29, 1.82) is 0 Å². The first kappa shape index (κ1) is 26.3. The average molecular weight is 605 g/mol. The molecule has 0 aliphatic heterocycles. The third kappa shape index (κ3) is 5.85. The zero-order valence-electron chi connectivity index (χ0n) is 21.9. The van der Waals surface area contributed by atoms with Gasteiger partial charge < -0.3 is 20.1 Å². The molecular formula is C34H26BrN3O3. The van der Waals surface area contributed by atoms with Crippen molar-refractivity contribution in [3.8, 4) is 11.5 Å². The van der Waals surface area contributed by atoms with E-state index in [1.54, 1.807) is 24.4 Å². The highest BCUT2D eigenvalue weighted by molar-refractivity contribution is 9.11. The Morgan fingerprint density at radius 3 is 1.88 bits per heavy atom. The fourth-order valence-electron chi connectivity index (χ4n) is 4.74. The number of hydrogen-bond acceptors (Lipinski definition) is 5. The van der Waals surface area contributed by atoms with Gasteiger partial charge in [-0.25, -0.2) is 4.98 Å². The highest BCUT2D eigenvalue weighted by Crippen LogP contribution is 2.47. The molecule has 4 aromatic carbocycles. The lowest BCUT2D eigenvalue weighted by Gasteiger charge is -2.35. The van der Waals surface area contributed by atoms with Crippen LogP contribution >= 0.6 is 15.9 Å². The number of rotatable bonds is 8. The summed E-state index contributed by atoms with van der Waals surface area (Å²) in [6.07, 6.45) is 0.686. The second-order valence-corrected chi connectivity index (χ2v) is 10.2. The summed E-state index contributed by atoms with van der Waals surface area (Å²) in [7, 11) is 0. The number of aromatic nitrogens is 1. The minimum absolute atomic E-state index is 0.280. The van der Waals surface area contributed by atoms with Gasteiger partial charge in [-0.05, 0) is 64.5 Å². The molecule has 41 heavy (non-hydrogen) atoms. The Morgan fingerprint density at radius 1 is 0.659 bits per heavy atom. The summed E-state index contributed by atoms with van der Waals surface area (Å²) in [5, 5.41) is 6.42. The van der Waals surface area contributed by atoms with Crippen LogP contribution in [0.5, 0.6) is 11.5 Å². The smallest absolute Gasteiger partial charge is 0.258 e. The average Bonchev–Trinajstić information content (AvgIpc) is 3.02. The molecule has 7 heteroatoms. The first-order chi connectivity index (χ1) is 20.2. The van der Waals surface area contributed by atoms with Gasteiger partial charge in [0.15, 0.2) is 12.2 Å². The number of hydrogen-bond donors (Lipinski definition) is 2. The molecule has 1 aliphatic rings. The summed E-state index contributed by atoms with van der Waals surface area (Å²) in [5.41, 5.74) is 3.75. The summed E-state index contributed by atoms with van der Waals surface area (Å²) in [6, 6.07) is 40.2. The first-order valence-corrected chi connectivity index (χ1v) is 14.0. The number of pyridine rings is 1. The van der Waals surface area contributed by atoms with Gasteiger partial charge in [-0.15, -0.1) is 0 Å². The van der Waals surface area contributed by atoms with Crippen LogP contribution in [0.15, 0.2) is 144 Å². The van der Waals surface area contributed by atoms with Crippen molar-refractivity contribution in [2.45, 2.75) is 12.2 Å². The molecule has 1 aromatic heterocycles. The Hall–Kier alpha value is -4.88. The number of ether oxygens (including phenoxy) is 2. The van der Waals surface area contributed by atoms with Crippen molar-refractivity contribution < 1.29 is 14.3 Å². The number of amides is 1. The van der Waals surface area contributed by atoms with Crippen LogP contribution in [0, 0.1) is 0 Å². The molecule has 0 spiro atoms. The topological polar surface area (TPSA) is 72.5 Å². The van der Waals surface area contributed by atoms with Crippen LogP contribution in [0.25, 0.3) is 0 Å². The van der Waals surface area contributed by atoms with E-state index in [0.717, 1.165) is 32.8 Å². The van der Waals surface area contributed by atoms with Gasteiger partial charge in [-0.3, -0.25) is 4.79 Å². The quantitative estimate of drug-likeness (QED) is 0.186. The third-order valence-corrected chi connectivity index (χ3v) is 7.50. The highest BCUT2D eigenvalue weighted by Gasteiger charge is 2.37.